The summed E-state index contributed by atoms with van der Waals surface area (Å²) in [6.07, 6.45) is 0. The molecular weight excluding hydrogens is 203 g/mol. The van der Waals surface area contributed by atoms with Gasteiger partial charge in [0.1, 0.15) is 0 Å². The molecule has 1 atom stereocenters. The van der Waals surface area contributed by atoms with Gasteiger partial charge in [-0.2, -0.15) is 0 Å². The summed E-state index contributed by atoms with van der Waals surface area (Å²) in [7, 11) is 0. The minimum atomic E-state index is 0.256. The Kier molecular flexibility index (Phi) is 3.40. The molecule has 13 heavy (non-hydrogen) atoms. The number of benzene rings is 1. The van der Waals surface area contributed by atoms with Gasteiger partial charge in [-0.15, -0.1) is 0 Å². The van der Waals surface area contributed by atoms with Gasteiger partial charge in [0.05, 0.1) is 0 Å². The standard InChI is InChI=1S/C11H12Cl2/c1-7(2)8(3)10-6-9(12)4-5-11(10)13/h4-6,8H,1H2,2-3H3. The number of allylic oxidation sites excluding steroid dienone is 1. The van der Waals surface area contributed by atoms with Crippen molar-refractivity contribution in [2.75, 3.05) is 0 Å². The second kappa shape index (κ2) is 4.17. The normalized spacial score (nSPS) is 12.6. The maximum atomic E-state index is 6.04. The van der Waals surface area contributed by atoms with Crippen molar-refractivity contribution >= 4 is 23.2 Å². The van der Waals surface area contributed by atoms with Gasteiger partial charge in [-0.1, -0.05) is 42.3 Å². The monoisotopic (exact) mass is 214 g/mol. The minimum Gasteiger partial charge on any atom is -0.0995 e. The molecule has 0 aliphatic carbocycles. The molecule has 0 radical (unpaired) electrons. The lowest BCUT2D eigenvalue weighted by atomic mass is 9.95. The molecule has 0 nitrogen and oxygen atoms in total. The van der Waals surface area contributed by atoms with Gasteiger partial charge in [0.2, 0.25) is 0 Å². The van der Waals surface area contributed by atoms with Crippen molar-refractivity contribution in [1.29, 1.82) is 0 Å². The molecule has 1 aromatic rings. The van der Waals surface area contributed by atoms with Crippen LogP contribution in [-0.2, 0) is 0 Å². The molecule has 0 fully saturated rings. The first-order chi connectivity index (χ1) is 6.02. The first kappa shape index (κ1) is 10.6. The Morgan fingerprint density at radius 2 is 2.00 bits per heavy atom. The molecule has 0 aromatic heterocycles. The van der Waals surface area contributed by atoms with E-state index in [9.17, 15) is 0 Å². The van der Waals surface area contributed by atoms with E-state index in [2.05, 4.69) is 13.5 Å². The Labute approximate surface area is 89.2 Å². The zero-order valence-electron chi connectivity index (χ0n) is 7.77. The molecule has 1 aromatic carbocycles. The van der Waals surface area contributed by atoms with Gasteiger partial charge in [-0.25, -0.2) is 0 Å². The Hall–Kier alpha value is -0.460. The largest absolute Gasteiger partial charge is 0.0995 e. The van der Waals surface area contributed by atoms with Crippen LogP contribution in [0.3, 0.4) is 0 Å². The van der Waals surface area contributed by atoms with E-state index in [0.717, 1.165) is 16.2 Å². The summed E-state index contributed by atoms with van der Waals surface area (Å²) in [6, 6.07) is 5.50. The van der Waals surface area contributed by atoms with Crippen molar-refractivity contribution in [2.45, 2.75) is 19.8 Å². The maximum absolute atomic E-state index is 6.04. The van der Waals surface area contributed by atoms with E-state index in [1.807, 2.05) is 19.1 Å². The second-order valence-electron chi connectivity index (χ2n) is 3.23. The van der Waals surface area contributed by atoms with Gasteiger partial charge in [0, 0.05) is 16.0 Å². The van der Waals surface area contributed by atoms with Crippen LogP contribution in [0.2, 0.25) is 10.0 Å². The molecule has 0 spiro atoms. The fourth-order valence-electron chi connectivity index (χ4n) is 1.11. The molecule has 0 bridgehead atoms. The summed E-state index contributed by atoms with van der Waals surface area (Å²) in [5.41, 5.74) is 2.13. The molecule has 0 aliphatic heterocycles. The van der Waals surface area contributed by atoms with Crippen LogP contribution < -0.4 is 0 Å². The topological polar surface area (TPSA) is 0 Å². The summed E-state index contributed by atoms with van der Waals surface area (Å²) >= 11 is 11.9. The highest BCUT2D eigenvalue weighted by Crippen LogP contribution is 2.30. The summed E-state index contributed by atoms with van der Waals surface area (Å²) in [6.45, 7) is 7.96. The van der Waals surface area contributed by atoms with Crippen molar-refractivity contribution < 1.29 is 0 Å². The van der Waals surface area contributed by atoms with Crippen LogP contribution >= 0.6 is 23.2 Å². The number of rotatable bonds is 2. The van der Waals surface area contributed by atoms with Gasteiger partial charge in [-0.05, 0) is 30.7 Å². The highest BCUT2D eigenvalue weighted by atomic mass is 35.5. The van der Waals surface area contributed by atoms with Crippen LogP contribution in [0.5, 0.6) is 0 Å². The van der Waals surface area contributed by atoms with Crippen molar-refractivity contribution in [3.63, 3.8) is 0 Å². The van der Waals surface area contributed by atoms with Crippen molar-refractivity contribution in [3.8, 4) is 0 Å². The van der Waals surface area contributed by atoms with Crippen molar-refractivity contribution in [3.05, 3.63) is 46.0 Å². The van der Waals surface area contributed by atoms with Gasteiger partial charge >= 0.3 is 0 Å². The minimum absolute atomic E-state index is 0.256. The lowest BCUT2D eigenvalue weighted by Crippen LogP contribution is -1.94. The van der Waals surface area contributed by atoms with E-state index in [1.165, 1.54) is 0 Å². The molecule has 0 saturated heterocycles. The Morgan fingerprint density at radius 3 is 2.54 bits per heavy atom. The van der Waals surface area contributed by atoms with E-state index < -0.39 is 0 Å². The molecular formula is C11H12Cl2. The van der Waals surface area contributed by atoms with Crippen LogP contribution in [0.25, 0.3) is 0 Å². The van der Waals surface area contributed by atoms with Gasteiger partial charge in [-0.3, -0.25) is 0 Å². The third-order valence-corrected chi connectivity index (χ3v) is 2.74. The van der Waals surface area contributed by atoms with Gasteiger partial charge < -0.3 is 0 Å². The molecule has 1 unspecified atom stereocenters. The zero-order valence-corrected chi connectivity index (χ0v) is 9.28. The maximum Gasteiger partial charge on any atom is 0.0445 e. The molecule has 2 heteroatoms. The van der Waals surface area contributed by atoms with Gasteiger partial charge in [0.25, 0.3) is 0 Å². The zero-order chi connectivity index (χ0) is 10.0. The third kappa shape index (κ3) is 2.49. The highest BCUT2D eigenvalue weighted by molar-refractivity contribution is 6.33. The van der Waals surface area contributed by atoms with Crippen LogP contribution in [-0.4, -0.2) is 0 Å². The van der Waals surface area contributed by atoms with Gasteiger partial charge in [0.15, 0.2) is 0 Å². The smallest absolute Gasteiger partial charge is 0.0445 e. The summed E-state index contributed by atoms with van der Waals surface area (Å²) in [5.74, 6) is 0.256. The molecule has 0 aliphatic rings. The van der Waals surface area contributed by atoms with E-state index in [4.69, 9.17) is 23.2 Å². The van der Waals surface area contributed by atoms with E-state index in [-0.39, 0.29) is 5.92 Å². The molecule has 70 valence electrons. The summed E-state index contributed by atoms with van der Waals surface area (Å²) in [5, 5.41) is 1.47. The quantitative estimate of drug-likeness (QED) is 0.628. The van der Waals surface area contributed by atoms with Crippen LogP contribution in [0.15, 0.2) is 30.4 Å². The number of hydrogen-bond acceptors (Lipinski definition) is 0. The van der Waals surface area contributed by atoms with Crippen molar-refractivity contribution in [1.82, 2.24) is 0 Å². The third-order valence-electron chi connectivity index (χ3n) is 2.16. The highest BCUT2D eigenvalue weighted by Gasteiger charge is 2.10. The molecule has 1 rings (SSSR count). The lowest BCUT2D eigenvalue weighted by Gasteiger charge is -2.13. The lowest BCUT2D eigenvalue weighted by molar-refractivity contribution is 0.899. The van der Waals surface area contributed by atoms with E-state index in [0.29, 0.717) is 5.02 Å². The molecule has 0 amide bonds. The van der Waals surface area contributed by atoms with E-state index >= 15 is 0 Å². The molecule has 0 N–H and O–H groups in total. The van der Waals surface area contributed by atoms with Crippen LogP contribution in [0.4, 0.5) is 0 Å². The number of hydrogen-bond donors (Lipinski definition) is 0. The Balaban J connectivity index is 3.12. The van der Waals surface area contributed by atoms with Crippen LogP contribution in [0.1, 0.15) is 25.3 Å². The van der Waals surface area contributed by atoms with Crippen molar-refractivity contribution in [2.24, 2.45) is 0 Å². The first-order valence-electron chi connectivity index (χ1n) is 4.12. The SMILES string of the molecule is C=C(C)C(C)c1cc(Cl)ccc1Cl. The molecule has 0 saturated carbocycles. The summed E-state index contributed by atoms with van der Waals surface area (Å²) < 4.78 is 0. The average molecular weight is 215 g/mol. The predicted molar refractivity (Wildman–Crippen MR) is 59.7 cm³/mol. The second-order valence-corrected chi connectivity index (χ2v) is 4.08. The van der Waals surface area contributed by atoms with Crippen LogP contribution in [0, 0.1) is 0 Å². The summed E-state index contributed by atoms with van der Waals surface area (Å²) in [4.78, 5) is 0. The molecule has 0 heterocycles. The Morgan fingerprint density at radius 1 is 1.38 bits per heavy atom. The Bertz CT molecular complexity index is 329. The van der Waals surface area contributed by atoms with E-state index in [1.54, 1.807) is 6.07 Å². The number of halogens is 2. The average Bonchev–Trinajstić information content (AvgIpc) is 2.08. The fourth-order valence-corrected chi connectivity index (χ4v) is 1.57. The predicted octanol–water partition coefficient (Wildman–Crippen LogP) is 4.67. The fraction of sp³-hybridized carbons (Fsp3) is 0.273. The first-order valence-corrected chi connectivity index (χ1v) is 4.88.